The Morgan fingerprint density at radius 1 is 1.07 bits per heavy atom. The number of hydrogen-bond donors (Lipinski definition) is 1. The maximum Gasteiger partial charge on any atom is 0.274 e. The minimum Gasteiger partial charge on any atom is -0.485 e. The fraction of sp³-hybridized carbons (Fsp3) is 0.333. The Balaban J connectivity index is 1.36. The Morgan fingerprint density at radius 3 is 2.43 bits per heavy atom. The lowest BCUT2D eigenvalue weighted by Crippen LogP contribution is -2.54. The number of sulfonamides is 1. The smallest absolute Gasteiger partial charge is 0.274 e. The van der Waals surface area contributed by atoms with Crippen LogP contribution in [0.5, 0.6) is 11.5 Å². The molecule has 0 saturated carbocycles. The Bertz CT molecular complexity index is 972. The minimum absolute atomic E-state index is 0.0276. The molecule has 0 unspecified atom stereocenters. The number of primary sulfonamides is 1. The van der Waals surface area contributed by atoms with E-state index in [2.05, 4.69) is 4.98 Å². The number of piperazine rings is 1. The number of ether oxygens (including phenoxy) is 2. The predicted octanol–water partition coefficient (Wildman–Crippen LogP) is -0.363. The van der Waals surface area contributed by atoms with Gasteiger partial charge in [-0.2, -0.15) is 0 Å². The average Bonchev–Trinajstić information content (AvgIpc) is 2.72. The third kappa shape index (κ3) is 3.73. The van der Waals surface area contributed by atoms with Gasteiger partial charge in [-0.1, -0.05) is 12.1 Å². The zero-order valence-electron chi connectivity index (χ0n) is 15.1. The summed E-state index contributed by atoms with van der Waals surface area (Å²) in [5, 5.41) is 5.11. The molecule has 0 bridgehead atoms. The lowest BCUT2D eigenvalue weighted by Gasteiger charge is -2.34. The van der Waals surface area contributed by atoms with Crippen LogP contribution in [-0.4, -0.2) is 58.1 Å². The minimum atomic E-state index is -3.73. The van der Waals surface area contributed by atoms with Crippen LogP contribution in [0.1, 0.15) is 0 Å². The van der Waals surface area contributed by atoms with Crippen LogP contribution in [-0.2, 0) is 14.8 Å². The van der Waals surface area contributed by atoms with E-state index in [-0.39, 0.29) is 17.4 Å². The van der Waals surface area contributed by atoms with E-state index in [4.69, 9.17) is 14.6 Å². The first-order valence-corrected chi connectivity index (χ1v) is 10.4. The molecular weight excluding hydrogens is 384 g/mol. The van der Waals surface area contributed by atoms with Gasteiger partial charge in [0, 0.05) is 6.07 Å². The number of pyridine rings is 1. The number of amides is 1. The number of aromatic amines is 1. The summed E-state index contributed by atoms with van der Waals surface area (Å²) in [6.07, 6.45) is 0.717. The van der Waals surface area contributed by atoms with Gasteiger partial charge in [0.2, 0.25) is 16.1 Å². The van der Waals surface area contributed by atoms with Gasteiger partial charge in [-0.25, -0.2) is 18.5 Å². The van der Waals surface area contributed by atoms with Gasteiger partial charge < -0.3 is 14.4 Å². The quantitative estimate of drug-likeness (QED) is 0.745. The van der Waals surface area contributed by atoms with Gasteiger partial charge in [-0.3, -0.25) is 9.69 Å². The fourth-order valence-corrected chi connectivity index (χ4v) is 3.77. The Kier molecular flexibility index (Phi) is 4.82. The number of H-pyrrole nitrogens is 1. The number of nitrogens with zero attached hydrogens (tertiary/aromatic N) is 2. The molecule has 2 aliphatic heterocycles. The number of carbonyl (C=O) groups excluding carboxylic acids is 1. The monoisotopic (exact) mass is 405 g/mol. The lowest BCUT2D eigenvalue weighted by molar-refractivity contribution is -0.367. The highest BCUT2D eigenvalue weighted by molar-refractivity contribution is 7.89. The van der Waals surface area contributed by atoms with Gasteiger partial charge in [0.15, 0.2) is 11.5 Å². The second kappa shape index (κ2) is 7.28. The molecular formula is C18H21N4O5S+. The van der Waals surface area contributed by atoms with E-state index < -0.39 is 16.1 Å². The van der Waals surface area contributed by atoms with E-state index in [0.717, 1.165) is 5.82 Å². The zero-order valence-corrected chi connectivity index (χ0v) is 15.9. The maximum absolute atomic E-state index is 12.8. The van der Waals surface area contributed by atoms with Crippen molar-refractivity contribution in [1.29, 1.82) is 0 Å². The number of hydrogen-bond acceptors (Lipinski definition) is 6. The first-order chi connectivity index (χ1) is 13.4. The highest BCUT2D eigenvalue weighted by Gasteiger charge is 2.34. The molecule has 9 nitrogen and oxygen atoms in total. The van der Waals surface area contributed by atoms with Crippen LogP contribution >= 0.6 is 0 Å². The highest BCUT2D eigenvalue weighted by Crippen LogP contribution is 2.31. The first-order valence-electron chi connectivity index (χ1n) is 8.88. The van der Waals surface area contributed by atoms with Crippen LogP contribution < -0.4 is 24.5 Å². The summed E-state index contributed by atoms with van der Waals surface area (Å²) in [7, 11) is -3.73. The molecule has 2 aliphatic rings. The van der Waals surface area contributed by atoms with Crippen LogP contribution in [0.4, 0.5) is 5.82 Å². The summed E-state index contributed by atoms with van der Waals surface area (Å²) in [4.78, 5) is 19.6. The van der Waals surface area contributed by atoms with Crippen LogP contribution in [0.25, 0.3) is 0 Å². The molecule has 1 amide bonds. The van der Waals surface area contributed by atoms with Gasteiger partial charge in [0.25, 0.3) is 11.7 Å². The molecule has 28 heavy (non-hydrogen) atoms. The maximum atomic E-state index is 12.8. The molecule has 4 rings (SSSR count). The van der Waals surface area contributed by atoms with Gasteiger partial charge in [0.1, 0.15) is 30.8 Å². The van der Waals surface area contributed by atoms with Crippen molar-refractivity contribution in [2.24, 2.45) is 5.14 Å². The highest BCUT2D eigenvalue weighted by atomic mass is 32.2. The van der Waals surface area contributed by atoms with Crippen molar-refractivity contribution < 1.29 is 27.7 Å². The van der Waals surface area contributed by atoms with E-state index in [1.54, 1.807) is 17.0 Å². The molecule has 10 heteroatoms. The number of fused-ring (bicyclic) bond motifs is 1. The molecule has 0 spiro atoms. The number of nitrogens with one attached hydrogen (secondary N) is 1. The molecule has 1 saturated heterocycles. The molecule has 1 aromatic carbocycles. The van der Waals surface area contributed by atoms with Crippen molar-refractivity contribution in [3.63, 3.8) is 0 Å². The molecule has 3 N–H and O–H groups in total. The third-order valence-corrected chi connectivity index (χ3v) is 5.72. The number of anilines is 1. The number of nitrogens with two attached hydrogens (primary N) is 1. The van der Waals surface area contributed by atoms with E-state index in [0.29, 0.717) is 37.7 Å². The predicted molar refractivity (Wildman–Crippen MR) is 99.5 cm³/mol. The largest absolute Gasteiger partial charge is 0.485 e. The van der Waals surface area contributed by atoms with Crippen molar-refractivity contribution in [3.05, 3.63) is 42.6 Å². The summed E-state index contributed by atoms with van der Waals surface area (Å²) in [6.45, 7) is 2.48. The molecule has 0 radical (unpaired) electrons. The number of benzene rings is 1. The molecule has 148 valence electrons. The molecule has 1 fully saturated rings. The first kappa shape index (κ1) is 18.5. The summed E-state index contributed by atoms with van der Waals surface area (Å²) in [5.41, 5.74) is 0. The number of para-hydroxylation sites is 2. The number of carbonyl (C=O) groups is 1. The summed E-state index contributed by atoms with van der Waals surface area (Å²) >= 11 is 0. The van der Waals surface area contributed by atoms with Crippen LogP contribution in [0, 0.1) is 0 Å². The Morgan fingerprint density at radius 2 is 1.79 bits per heavy atom. The van der Waals surface area contributed by atoms with E-state index in [1.807, 2.05) is 23.1 Å². The van der Waals surface area contributed by atoms with Crippen molar-refractivity contribution in [2.45, 2.75) is 11.0 Å². The third-order valence-electron chi connectivity index (χ3n) is 4.81. The summed E-state index contributed by atoms with van der Waals surface area (Å²) < 4.78 is 34.1. The van der Waals surface area contributed by atoms with Crippen molar-refractivity contribution in [2.75, 3.05) is 37.7 Å². The van der Waals surface area contributed by atoms with Gasteiger partial charge in [-0.15, -0.1) is 0 Å². The van der Waals surface area contributed by atoms with E-state index in [9.17, 15) is 13.2 Å². The second-order valence-electron chi connectivity index (χ2n) is 6.63. The van der Waals surface area contributed by atoms with Crippen molar-refractivity contribution >= 4 is 21.7 Å². The Hall–Kier alpha value is -2.85. The van der Waals surface area contributed by atoms with Crippen molar-refractivity contribution in [1.82, 2.24) is 4.90 Å². The molecule has 1 atom stereocenters. The average molecular weight is 405 g/mol. The van der Waals surface area contributed by atoms with Crippen molar-refractivity contribution in [3.8, 4) is 11.5 Å². The van der Waals surface area contributed by atoms with E-state index in [1.165, 1.54) is 12.3 Å². The number of aromatic nitrogens is 1. The normalized spacial score (nSPS) is 19.4. The van der Waals surface area contributed by atoms with Gasteiger partial charge in [0.05, 0.1) is 13.1 Å². The standard InChI is InChI=1S/C18H20N4O5S/c19-28(24,25)13-5-6-17(20-11-13)21-7-9-22(10-8-21)18(23)16-12-26-14-3-1-2-4-15(14)27-16/h1-6,11,16H,7-10,12H2,(H2,19,24,25)/p+1/t16-/m0/s1. The van der Waals surface area contributed by atoms with Gasteiger partial charge in [-0.05, 0) is 18.2 Å². The second-order valence-corrected chi connectivity index (χ2v) is 8.19. The van der Waals surface area contributed by atoms with Crippen LogP contribution in [0.2, 0.25) is 0 Å². The number of rotatable bonds is 3. The Labute approximate surface area is 162 Å². The molecule has 3 heterocycles. The molecule has 1 aromatic heterocycles. The molecule has 0 aliphatic carbocycles. The van der Waals surface area contributed by atoms with Gasteiger partial charge >= 0.3 is 0 Å². The topological polar surface area (TPSA) is 116 Å². The fourth-order valence-electron chi connectivity index (χ4n) is 3.29. The SMILES string of the molecule is NS(=O)(=O)c1ccc(N2CCN(C(=O)[C@@H]3COc4ccccc4O3)CC2)[nH+]c1. The summed E-state index contributed by atoms with van der Waals surface area (Å²) in [6, 6.07) is 10.4. The van der Waals surface area contributed by atoms with Crippen LogP contribution in [0.15, 0.2) is 47.5 Å². The lowest BCUT2D eigenvalue weighted by atomic mass is 10.2. The van der Waals surface area contributed by atoms with Crippen LogP contribution in [0.3, 0.4) is 0 Å². The molecule has 2 aromatic rings. The van der Waals surface area contributed by atoms with E-state index >= 15 is 0 Å². The summed E-state index contributed by atoms with van der Waals surface area (Å²) in [5.74, 6) is 1.90. The zero-order chi connectivity index (χ0) is 19.7.